The molecule has 0 aromatic heterocycles. The fourth-order valence-corrected chi connectivity index (χ4v) is 2.95. The maximum absolute atomic E-state index is 12.2. The highest BCUT2D eigenvalue weighted by atomic mass is 35.5. The molecule has 0 aliphatic heterocycles. The summed E-state index contributed by atoms with van der Waals surface area (Å²) in [5, 5.41) is 10.5. The summed E-state index contributed by atoms with van der Waals surface area (Å²) in [5.74, 6) is 0. The lowest BCUT2D eigenvalue weighted by Crippen LogP contribution is -2.21. The molecule has 2 rings (SSSR count). The van der Waals surface area contributed by atoms with E-state index in [1.807, 2.05) is 0 Å². The molecule has 2 aromatic rings. The van der Waals surface area contributed by atoms with Crippen molar-refractivity contribution in [1.29, 1.82) is 0 Å². The lowest BCUT2D eigenvalue weighted by Gasteiger charge is -2.15. The van der Waals surface area contributed by atoms with E-state index in [1.165, 1.54) is 36.4 Å². The minimum atomic E-state index is -3.90. The molecule has 0 aliphatic carbocycles. The molecule has 0 saturated heterocycles. The van der Waals surface area contributed by atoms with E-state index in [1.54, 1.807) is 18.2 Å². The van der Waals surface area contributed by atoms with Crippen molar-refractivity contribution in [2.24, 2.45) is 0 Å². The molecule has 8 heteroatoms. The first-order valence-electron chi connectivity index (χ1n) is 5.43. The van der Waals surface area contributed by atoms with Gasteiger partial charge in [0.15, 0.2) is 0 Å². The first kappa shape index (κ1) is 14.3. The van der Waals surface area contributed by atoms with Gasteiger partial charge in [-0.25, -0.2) is 0 Å². The minimum absolute atomic E-state index is 0.0355. The maximum atomic E-state index is 12.2. The Bertz CT molecular complexity index is 717. The average molecular weight is 313 g/mol. The molecule has 104 valence electrons. The van der Waals surface area contributed by atoms with Crippen LogP contribution in [0.3, 0.4) is 0 Å². The van der Waals surface area contributed by atoms with Crippen LogP contribution in [0.1, 0.15) is 0 Å². The molecule has 0 N–H and O–H groups in total. The average Bonchev–Trinajstić information content (AvgIpc) is 2.47. The molecule has 0 atom stereocenters. The van der Waals surface area contributed by atoms with Crippen LogP contribution in [-0.4, -0.2) is 13.3 Å². The van der Waals surface area contributed by atoms with E-state index in [-0.39, 0.29) is 16.3 Å². The zero-order valence-electron chi connectivity index (χ0n) is 10.0. The van der Waals surface area contributed by atoms with E-state index in [2.05, 4.69) is 0 Å². The summed E-state index contributed by atoms with van der Waals surface area (Å²) in [6.45, 7) is 0. The molecular formula is C12H9ClN2O4S. The van der Waals surface area contributed by atoms with Gasteiger partial charge in [-0.05, 0) is 24.3 Å². The van der Waals surface area contributed by atoms with E-state index in [0.717, 1.165) is 0 Å². The monoisotopic (exact) mass is 312 g/mol. The number of hydrogen-bond acceptors (Lipinski definition) is 4. The van der Waals surface area contributed by atoms with Crippen LogP contribution in [0.2, 0.25) is 0 Å². The quantitative estimate of drug-likeness (QED) is 0.494. The first-order chi connectivity index (χ1) is 9.43. The molecule has 0 radical (unpaired) electrons. The first-order valence-corrected chi connectivity index (χ1v) is 7.21. The Balaban J connectivity index is 2.36. The van der Waals surface area contributed by atoms with Gasteiger partial charge in [0.05, 0.1) is 15.5 Å². The lowest BCUT2D eigenvalue weighted by molar-refractivity contribution is -0.384. The lowest BCUT2D eigenvalue weighted by atomic mass is 10.3. The SMILES string of the molecule is O=[N+]([O-])c1ccc(N(Cl)S(=O)(=O)c2ccccc2)cc1. The number of nitro benzene ring substituents is 1. The van der Waals surface area contributed by atoms with E-state index in [0.29, 0.717) is 3.82 Å². The molecule has 0 saturated carbocycles. The van der Waals surface area contributed by atoms with Crippen molar-refractivity contribution in [3.8, 4) is 0 Å². The van der Waals surface area contributed by atoms with Crippen LogP contribution in [0.15, 0.2) is 59.5 Å². The summed E-state index contributed by atoms with van der Waals surface area (Å²) in [6.07, 6.45) is 0. The van der Waals surface area contributed by atoms with E-state index >= 15 is 0 Å². The van der Waals surface area contributed by atoms with Crippen molar-refractivity contribution in [2.75, 3.05) is 3.82 Å². The Morgan fingerprint density at radius 2 is 1.55 bits per heavy atom. The molecule has 0 unspecified atom stereocenters. The number of nitro groups is 1. The van der Waals surface area contributed by atoms with Gasteiger partial charge in [-0.15, -0.1) is 0 Å². The predicted molar refractivity (Wildman–Crippen MR) is 75.1 cm³/mol. The van der Waals surface area contributed by atoms with Crippen molar-refractivity contribution < 1.29 is 13.3 Å². The van der Waals surface area contributed by atoms with Crippen LogP contribution >= 0.6 is 11.8 Å². The molecule has 20 heavy (non-hydrogen) atoms. The fraction of sp³-hybridized carbons (Fsp3) is 0. The Labute approximate surface area is 120 Å². The molecule has 6 nitrogen and oxygen atoms in total. The molecule has 0 aliphatic rings. The number of nitrogens with zero attached hydrogens (tertiary/aromatic N) is 2. The molecule has 0 amide bonds. The normalized spacial score (nSPS) is 11.1. The van der Waals surface area contributed by atoms with Crippen LogP contribution in [0, 0.1) is 10.1 Å². The summed E-state index contributed by atoms with van der Waals surface area (Å²) in [4.78, 5) is 10.0. The summed E-state index contributed by atoms with van der Waals surface area (Å²) >= 11 is 5.84. The number of hydrogen-bond donors (Lipinski definition) is 0. The van der Waals surface area contributed by atoms with Gasteiger partial charge in [0, 0.05) is 23.9 Å². The molecule has 0 fully saturated rings. The second-order valence-corrected chi connectivity index (χ2v) is 6.13. The van der Waals surface area contributed by atoms with Crippen molar-refractivity contribution in [3.05, 3.63) is 64.7 Å². The Morgan fingerprint density at radius 1 is 1.00 bits per heavy atom. The summed E-state index contributed by atoms with van der Waals surface area (Å²) < 4.78 is 25.0. The molecule has 0 bridgehead atoms. The smallest absolute Gasteiger partial charge is 0.258 e. The molecule has 0 heterocycles. The highest BCUT2D eigenvalue weighted by Gasteiger charge is 2.23. The van der Waals surface area contributed by atoms with Gasteiger partial charge < -0.3 is 0 Å². The van der Waals surface area contributed by atoms with Crippen molar-refractivity contribution >= 4 is 33.2 Å². The number of rotatable bonds is 4. The number of benzene rings is 2. The number of halogens is 1. The van der Waals surface area contributed by atoms with E-state index in [4.69, 9.17) is 11.8 Å². The van der Waals surface area contributed by atoms with Crippen molar-refractivity contribution in [2.45, 2.75) is 4.90 Å². The third kappa shape index (κ3) is 2.73. The largest absolute Gasteiger partial charge is 0.278 e. The second-order valence-electron chi connectivity index (χ2n) is 3.81. The van der Waals surface area contributed by atoms with Gasteiger partial charge in [-0.3, -0.25) is 10.1 Å². The Hall–Kier alpha value is -2.12. The predicted octanol–water partition coefficient (Wildman–Crippen LogP) is 2.94. The molecule has 0 spiro atoms. The number of anilines is 1. The van der Waals surface area contributed by atoms with Crippen LogP contribution in [-0.2, 0) is 10.0 Å². The van der Waals surface area contributed by atoms with Gasteiger partial charge in [0.25, 0.3) is 15.7 Å². The van der Waals surface area contributed by atoms with E-state index in [9.17, 15) is 18.5 Å². The zero-order valence-corrected chi connectivity index (χ0v) is 11.6. The second kappa shape index (κ2) is 5.48. The highest BCUT2D eigenvalue weighted by molar-refractivity contribution is 7.94. The van der Waals surface area contributed by atoms with Gasteiger partial charge >= 0.3 is 0 Å². The van der Waals surface area contributed by atoms with Crippen LogP contribution < -0.4 is 3.82 Å². The third-order valence-corrected chi connectivity index (χ3v) is 4.76. The summed E-state index contributed by atoms with van der Waals surface area (Å²) in [5.41, 5.74) is -0.0166. The standard InChI is InChI=1S/C12H9ClN2O4S/c13-14(10-6-8-11(9-7-10)15(16)17)20(18,19)12-4-2-1-3-5-12/h1-9H. The van der Waals surface area contributed by atoms with Gasteiger partial charge in [0.1, 0.15) is 0 Å². The molecule has 2 aromatic carbocycles. The summed E-state index contributed by atoms with van der Waals surface area (Å²) in [7, 11) is -3.90. The Kier molecular flexibility index (Phi) is 3.91. The van der Waals surface area contributed by atoms with Crippen LogP contribution in [0.5, 0.6) is 0 Å². The zero-order chi connectivity index (χ0) is 14.8. The van der Waals surface area contributed by atoms with Gasteiger partial charge in [-0.2, -0.15) is 12.2 Å². The maximum Gasteiger partial charge on any atom is 0.278 e. The molecular weight excluding hydrogens is 304 g/mol. The van der Waals surface area contributed by atoms with Crippen molar-refractivity contribution in [1.82, 2.24) is 0 Å². The highest BCUT2D eigenvalue weighted by Crippen LogP contribution is 2.27. The fourth-order valence-electron chi connectivity index (χ4n) is 1.52. The number of sulfonamides is 1. The summed E-state index contributed by atoms with van der Waals surface area (Å²) in [6, 6.07) is 12.6. The van der Waals surface area contributed by atoms with E-state index < -0.39 is 14.9 Å². The Morgan fingerprint density at radius 3 is 2.05 bits per heavy atom. The van der Waals surface area contributed by atoms with Crippen molar-refractivity contribution in [3.63, 3.8) is 0 Å². The van der Waals surface area contributed by atoms with Gasteiger partial charge in [-0.1, -0.05) is 18.2 Å². The topological polar surface area (TPSA) is 80.5 Å². The minimum Gasteiger partial charge on any atom is -0.258 e. The van der Waals surface area contributed by atoms with Crippen LogP contribution in [0.25, 0.3) is 0 Å². The van der Waals surface area contributed by atoms with Crippen LogP contribution in [0.4, 0.5) is 11.4 Å². The number of non-ortho nitro benzene ring substituents is 1. The van der Waals surface area contributed by atoms with Gasteiger partial charge in [0.2, 0.25) is 0 Å². The third-order valence-electron chi connectivity index (χ3n) is 2.52.